The van der Waals surface area contributed by atoms with Crippen LogP contribution >= 0.6 is 12.2 Å². The number of fused-ring (bicyclic) bond motifs is 2. The van der Waals surface area contributed by atoms with Gasteiger partial charge in [0.05, 0.1) is 17.1 Å². The average molecular weight is 273 g/mol. The molecule has 4 rings (SSSR count). The minimum atomic E-state index is 0.562. The maximum absolute atomic E-state index is 5.58. The van der Waals surface area contributed by atoms with Crippen molar-refractivity contribution >= 4 is 23.3 Å². The van der Waals surface area contributed by atoms with Gasteiger partial charge in [-0.1, -0.05) is 6.07 Å². The quantitative estimate of drug-likeness (QED) is 0.805. The number of rotatable bonds is 1. The summed E-state index contributed by atoms with van der Waals surface area (Å²) in [6.45, 7) is 4.63. The van der Waals surface area contributed by atoms with E-state index in [0.717, 1.165) is 4.77 Å². The lowest BCUT2D eigenvalue weighted by Gasteiger charge is -2.22. The van der Waals surface area contributed by atoms with Crippen molar-refractivity contribution in [2.45, 2.75) is 38.3 Å². The Morgan fingerprint density at radius 1 is 1.21 bits per heavy atom. The highest BCUT2D eigenvalue weighted by Gasteiger charge is 2.38. The van der Waals surface area contributed by atoms with Gasteiger partial charge in [0.1, 0.15) is 0 Å². The van der Waals surface area contributed by atoms with Crippen molar-refractivity contribution in [3.8, 4) is 0 Å². The van der Waals surface area contributed by atoms with Crippen molar-refractivity contribution < 1.29 is 0 Å². The van der Waals surface area contributed by atoms with Crippen LogP contribution in [0, 0.1) is 11.7 Å². The Morgan fingerprint density at radius 3 is 3.00 bits per heavy atom. The zero-order valence-electron chi connectivity index (χ0n) is 11.2. The molecule has 100 valence electrons. The largest absolute Gasteiger partial charge is 0.331 e. The molecule has 2 saturated heterocycles. The van der Waals surface area contributed by atoms with E-state index >= 15 is 0 Å². The maximum atomic E-state index is 5.58. The van der Waals surface area contributed by atoms with E-state index in [4.69, 9.17) is 12.2 Å². The number of H-pyrrole nitrogens is 1. The number of nitrogens with zero attached hydrogens (tertiary/aromatic N) is 2. The van der Waals surface area contributed by atoms with E-state index in [1.165, 1.54) is 48.9 Å². The number of nitrogens with one attached hydrogen (secondary N) is 1. The molecule has 1 aromatic heterocycles. The molecular weight excluding hydrogens is 254 g/mol. The van der Waals surface area contributed by atoms with Gasteiger partial charge in [0.15, 0.2) is 4.77 Å². The van der Waals surface area contributed by atoms with Crippen LogP contribution in [0.3, 0.4) is 0 Å². The summed E-state index contributed by atoms with van der Waals surface area (Å²) >= 11 is 5.58. The van der Waals surface area contributed by atoms with E-state index in [-0.39, 0.29) is 0 Å². The Kier molecular flexibility index (Phi) is 2.57. The van der Waals surface area contributed by atoms with Crippen LogP contribution in [0.15, 0.2) is 18.2 Å². The van der Waals surface area contributed by atoms with Gasteiger partial charge in [-0.2, -0.15) is 0 Å². The second kappa shape index (κ2) is 4.18. The molecule has 0 saturated carbocycles. The highest BCUT2D eigenvalue weighted by Crippen LogP contribution is 2.37. The third-order valence-electron chi connectivity index (χ3n) is 4.77. The van der Waals surface area contributed by atoms with Crippen LogP contribution in [0.1, 0.15) is 30.9 Å². The van der Waals surface area contributed by atoms with Gasteiger partial charge >= 0.3 is 0 Å². The Balaban J connectivity index is 1.87. The first-order valence-electron chi connectivity index (χ1n) is 7.19. The summed E-state index contributed by atoms with van der Waals surface area (Å²) in [6.07, 6.45) is 3.90. The number of aryl methyl sites for hydroxylation is 1. The monoisotopic (exact) mass is 273 g/mol. The normalized spacial score (nSPS) is 27.2. The predicted molar refractivity (Wildman–Crippen MR) is 80.1 cm³/mol. The molecule has 19 heavy (non-hydrogen) atoms. The fourth-order valence-corrected chi connectivity index (χ4v) is 4.27. The van der Waals surface area contributed by atoms with Crippen LogP contribution in [0.2, 0.25) is 0 Å². The molecule has 2 atom stereocenters. The molecule has 2 aliphatic heterocycles. The molecule has 2 aliphatic rings. The lowest BCUT2D eigenvalue weighted by molar-refractivity contribution is 0.291. The summed E-state index contributed by atoms with van der Waals surface area (Å²) in [7, 11) is 0. The average Bonchev–Trinajstić information content (AvgIpc) is 3.02. The molecule has 2 aromatic rings. The van der Waals surface area contributed by atoms with Crippen molar-refractivity contribution in [2.24, 2.45) is 0 Å². The lowest BCUT2D eigenvalue weighted by atomic mass is 10.1. The zero-order chi connectivity index (χ0) is 13.0. The fourth-order valence-electron chi connectivity index (χ4n) is 3.93. The second-order valence-corrected chi connectivity index (χ2v) is 6.31. The number of imidazole rings is 1. The molecule has 0 amide bonds. The summed E-state index contributed by atoms with van der Waals surface area (Å²) in [6, 6.07) is 7.86. The van der Waals surface area contributed by atoms with E-state index in [1.54, 1.807) is 0 Å². The van der Waals surface area contributed by atoms with Crippen molar-refractivity contribution in [1.29, 1.82) is 0 Å². The third-order valence-corrected chi connectivity index (χ3v) is 5.07. The van der Waals surface area contributed by atoms with Crippen LogP contribution in [0.5, 0.6) is 0 Å². The van der Waals surface area contributed by atoms with E-state index in [0.29, 0.717) is 12.1 Å². The van der Waals surface area contributed by atoms with Gasteiger partial charge in [-0.05, 0) is 62.6 Å². The summed E-state index contributed by atoms with van der Waals surface area (Å²) in [5.41, 5.74) is 3.74. The van der Waals surface area contributed by atoms with Gasteiger partial charge in [-0.3, -0.25) is 4.90 Å². The first kappa shape index (κ1) is 11.7. The molecule has 1 aromatic carbocycles. The van der Waals surface area contributed by atoms with Crippen LogP contribution in [-0.2, 0) is 0 Å². The Bertz CT molecular complexity index is 684. The van der Waals surface area contributed by atoms with Crippen molar-refractivity contribution in [3.63, 3.8) is 0 Å². The van der Waals surface area contributed by atoms with E-state index < -0.39 is 0 Å². The maximum Gasteiger partial charge on any atom is 0.178 e. The number of aromatic amines is 1. The SMILES string of the molecule is Cc1ccc2c(c1)[nH]c(=S)n2C1CCN2CCCC12. The van der Waals surface area contributed by atoms with Crippen LogP contribution in [0.25, 0.3) is 11.0 Å². The standard InChI is InChI=1S/C15H19N3S/c1-10-4-5-12-11(9-10)16-15(19)18(12)14-6-8-17-7-2-3-13(14)17/h4-5,9,13-14H,2-3,6-8H2,1H3,(H,16,19). The van der Waals surface area contributed by atoms with Gasteiger partial charge in [-0.25, -0.2) is 0 Å². The smallest absolute Gasteiger partial charge is 0.178 e. The highest BCUT2D eigenvalue weighted by molar-refractivity contribution is 7.71. The lowest BCUT2D eigenvalue weighted by Crippen LogP contribution is -2.27. The number of aromatic nitrogens is 2. The first-order valence-corrected chi connectivity index (χ1v) is 7.60. The topological polar surface area (TPSA) is 24.0 Å². The Hall–Kier alpha value is -1.13. The molecule has 0 spiro atoms. The third kappa shape index (κ3) is 1.70. The van der Waals surface area contributed by atoms with Crippen molar-refractivity contribution in [1.82, 2.24) is 14.5 Å². The van der Waals surface area contributed by atoms with Gasteiger partial charge in [-0.15, -0.1) is 0 Å². The minimum Gasteiger partial charge on any atom is -0.331 e. The van der Waals surface area contributed by atoms with E-state index in [1.807, 2.05) is 0 Å². The summed E-state index contributed by atoms with van der Waals surface area (Å²) in [5.74, 6) is 0. The molecule has 4 heteroatoms. The van der Waals surface area contributed by atoms with Gasteiger partial charge in [0.25, 0.3) is 0 Å². The highest BCUT2D eigenvalue weighted by atomic mass is 32.1. The zero-order valence-corrected chi connectivity index (χ0v) is 12.0. The van der Waals surface area contributed by atoms with Crippen LogP contribution in [0.4, 0.5) is 0 Å². The van der Waals surface area contributed by atoms with E-state index in [9.17, 15) is 0 Å². The van der Waals surface area contributed by atoms with Gasteiger partial charge in [0.2, 0.25) is 0 Å². The molecule has 1 N–H and O–H groups in total. The Morgan fingerprint density at radius 2 is 2.11 bits per heavy atom. The molecule has 2 fully saturated rings. The number of hydrogen-bond acceptors (Lipinski definition) is 2. The molecule has 3 heterocycles. The molecule has 0 aliphatic carbocycles. The predicted octanol–water partition coefficient (Wildman–Crippen LogP) is 3.42. The van der Waals surface area contributed by atoms with Crippen LogP contribution < -0.4 is 0 Å². The second-order valence-electron chi connectivity index (χ2n) is 5.92. The van der Waals surface area contributed by atoms with E-state index in [2.05, 4.69) is 39.6 Å². The van der Waals surface area contributed by atoms with Gasteiger partial charge < -0.3 is 9.55 Å². The summed E-state index contributed by atoms with van der Waals surface area (Å²) in [4.78, 5) is 6.02. The minimum absolute atomic E-state index is 0.562. The molecule has 0 radical (unpaired) electrons. The summed E-state index contributed by atoms with van der Waals surface area (Å²) < 4.78 is 3.26. The van der Waals surface area contributed by atoms with Crippen molar-refractivity contribution in [3.05, 3.63) is 28.5 Å². The summed E-state index contributed by atoms with van der Waals surface area (Å²) in [5, 5.41) is 0. The van der Waals surface area contributed by atoms with Crippen molar-refractivity contribution in [2.75, 3.05) is 13.1 Å². The number of benzene rings is 1. The molecular formula is C15H19N3S. The fraction of sp³-hybridized carbons (Fsp3) is 0.533. The number of hydrogen-bond donors (Lipinski definition) is 1. The van der Waals surface area contributed by atoms with Gasteiger partial charge in [0, 0.05) is 12.6 Å². The Labute approximate surface area is 118 Å². The first-order chi connectivity index (χ1) is 9.24. The molecule has 2 unspecified atom stereocenters. The van der Waals surface area contributed by atoms with Crippen LogP contribution in [-0.4, -0.2) is 33.6 Å². The molecule has 0 bridgehead atoms. The molecule has 3 nitrogen and oxygen atoms in total.